The fraction of sp³-hybridized carbons (Fsp3) is 0.300. The quantitative estimate of drug-likeness (QED) is 0.770. The number of benzene rings is 2. The number of hydrogen-bond acceptors (Lipinski definition) is 4. The number of aryl methyl sites for hydroxylation is 1. The van der Waals surface area contributed by atoms with Crippen molar-refractivity contribution >= 4 is 5.91 Å². The third kappa shape index (κ3) is 3.49. The first kappa shape index (κ1) is 16.4. The van der Waals surface area contributed by atoms with Crippen LogP contribution in [0.15, 0.2) is 60.9 Å². The smallest absolute Gasteiger partial charge is 0.245 e. The lowest BCUT2D eigenvalue weighted by Gasteiger charge is -2.28. The van der Waals surface area contributed by atoms with Crippen LogP contribution >= 0.6 is 0 Å². The Balaban J connectivity index is 1.56. The van der Waals surface area contributed by atoms with E-state index in [1.807, 2.05) is 36.4 Å². The SMILES string of the molecule is O=C(N[C@@H]1CCCc2ccccc21)[C@H](Cc1ccccc1)n1cnnn1. The average Bonchev–Trinajstić information content (AvgIpc) is 3.21. The van der Waals surface area contributed by atoms with Gasteiger partial charge in [0.1, 0.15) is 12.4 Å². The van der Waals surface area contributed by atoms with Crippen molar-refractivity contribution in [1.82, 2.24) is 25.5 Å². The first-order valence-electron chi connectivity index (χ1n) is 8.96. The van der Waals surface area contributed by atoms with E-state index in [9.17, 15) is 4.79 Å². The Morgan fingerprint density at radius 1 is 1.15 bits per heavy atom. The van der Waals surface area contributed by atoms with E-state index in [2.05, 4.69) is 39.0 Å². The van der Waals surface area contributed by atoms with Crippen LogP contribution in [0, 0.1) is 0 Å². The highest BCUT2D eigenvalue weighted by molar-refractivity contribution is 5.81. The first-order valence-corrected chi connectivity index (χ1v) is 8.96. The second kappa shape index (κ2) is 7.47. The molecule has 4 rings (SSSR count). The Labute approximate surface area is 152 Å². The predicted octanol–water partition coefficient (Wildman–Crippen LogP) is 2.65. The predicted molar refractivity (Wildman–Crippen MR) is 97.3 cm³/mol. The molecule has 1 N–H and O–H groups in total. The zero-order valence-corrected chi connectivity index (χ0v) is 14.5. The topological polar surface area (TPSA) is 72.7 Å². The molecule has 0 aliphatic heterocycles. The van der Waals surface area contributed by atoms with Crippen LogP contribution in [-0.4, -0.2) is 26.1 Å². The van der Waals surface area contributed by atoms with E-state index in [4.69, 9.17) is 0 Å². The first-order chi connectivity index (χ1) is 12.8. The lowest BCUT2D eigenvalue weighted by Crippen LogP contribution is -2.38. The molecule has 0 spiro atoms. The van der Waals surface area contributed by atoms with E-state index in [0.717, 1.165) is 24.8 Å². The third-order valence-corrected chi connectivity index (χ3v) is 4.94. The van der Waals surface area contributed by atoms with Crippen molar-refractivity contribution in [3.8, 4) is 0 Å². The summed E-state index contributed by atoms with van der Waals surface area (Å²) in [5, 5.41) is 14.6. The number of hydrogen-bond donors (Lipinski definition) is 1. The Kier molecular flexibility index (Phi) is 4.73. The summed E-state index contributed by atoms with van der Waals surface area (Å²) >= 11 is 0. The summed E-state index contributed by atoms with van der Waals surface area (Å²) in [6, 6.07) is 17.9. The zero-order valence-electron chi connectivity index (χ0n) is 14.5. The minimum atomic E-state index is -0.471. The van der Waals surface area contributed by atoms with Gasteiger partial charge in [-0.1, -0.05) is 54.6 Å². The molecule has 26 heavy (non-hydrogen) atoms. The highest BCUT2D eigenvalue weighted by atomic mass is 16.2. The van der Waals surface area contributed by atoms with Gasteiger partial charge in [-0.05, 0) is 46.4 Å². The van der Waals surface area contributed by atoms with Crippen molar-refractivity contribution < 1.29 is 4.79 Å². The fourth-order valence-electron chi connectivity index (χ4n) is 3.63. The van der Waals surface area contributed by atoms with Crippen LogP contribution in [0.5, 0.6) is 0 Å². The molecule has 0 saturated heterocycles. The van der Waals surface area contributed by atoms with Crippen LogP contribution in [0.3, 0.4) is 0 Å². The summed E-state index contributed by atoms with van der Waals surface area (Å²) in [7, 11) is 0. The summed E-state index contributed by atoms with van der Waals surface area (Å²) in [6.07, 6.45) is 5.16. The molecule has 2 atom stereocenters. The van der Waals surface area contributed by atoms with Gasteiger partial charge in [0.2, 0.25) is 5.91 Å². The van der Waals surface area contributed by atoms with Crippen LogP contribution in [0.1, 0.15) is 41.6 Å². The maximum Gasteiger partial charge on any atom is 0.245 e. The van der Waals surface area contributed by atoms with Crippen molar-refractivity contribution in [2.75, 3.05) is 0 Å². The molecule has 6 heteroatoms. The highest BCUT2D eigenvalue weighted by Gasteiger charge is 2.27. The molecule has 6 nitrogen and oxygen atoms in total. The minimum absolute atomic E-state index is 0.0437. The van der Waals surface area contributed by atoms with Crippen molar-refractivity contribution in [2.45, 2.75) is 37.8 Å². The third-order valence-electron chi connectivity index (χ3n) is 4.94. The van der Waals surface area contributed by atoms with Gasteiger partial charge in [-0.2, -0.15) is 0 Å². The Bertz CT molecular complexity index is 863. The second-order valence-corrected chi connectivity index (χ2v) is 6.65. The molecule has 0 unspecified atom stereocenters. The molecule has 0 saturated carbocycles. The standard InChI is InChI=1S/C20H21N5O/c26-20(22-18-12-6-10-16-9-4-5-11-17(16)18)19(25-14-21-23-24-25)13-15-7-2-1-3-8-15/h1-5,7-9,11,14,18-19H,6,10,12-13H2,(H,22,26)/t18-,19+/m1/s1. The molecule has 1 heterocycles. The van der Waals surface area contributed by atoms with Crippen molar-refractivity contribution in [2.24, 2.45) is 0 Å². The summed E-state index contributed by atoms with van der Waals surface area (Å²) in [4.78, 5) is 13.1. The number of carbonyl (C=O) groups excluding carboxylic acids is 1. The normalized spacial score (nSPS) is 17.3. The maximum absolute atomic E-state index is 13.1. The van der Waals surface area contributed by atoms with Gasteiger partial charge >= 0.3 is 0 Å². The summed E-state index contributed by atoms with van der Waals surface area (Å²) in [6.45, 7) is 0. The number of nitrogens with one attached hydrogen (secondary N) is 1. The molecule has 1 aliphatic rings. The molecule has 2 aromatic carbocycles. The van der Waals surface area contributed by atoms with Gasteiger partial charge in [0.15, 0.2) is 0 Å². The molecule has 0 fully saturated rings. The number of aromatic nitrogens is 4. The molecular formula is C20H21N5O. The molecular weight excluding hydrogens is 326 g/mol. The van der Waals surface area contributed by atoms with E-state index >= 15 is 0 Å². The number of tetrazole rings is 1. The minimum Gasteiger partial charge on any atom is -0.347 e. The fourth-order valence-corrected chi connectivity index (χ4v) is 3.63. The van der Waals surface area contributed by atoms with Crippen LogP contribution in [0.4, 0.5) is 0 Å². The van der Waals surface area contributed by atoms with E-state index in [0.29, 0.717) is 6.42 Å². The van der Waals surface area contributed by atoms with E-state index in [1.54, 1.807) is 0 Å². The lowest BCUT2D eigenvalue weighted by atomic mass is 9.87. The zero-order chi connectivity index (χ0) is 17.8. The van der Waals surface area contributed by atoms with Crippen molar-refractivity contribution in [3.63, 3.8) is 0 Å². The molecule has 1 aliphatic carbocycles. The second-order valence-electron chi connectivity index (χ2n) is 6.65. The summed E-state index contributed by atoms with van der Waals surface area (Å²) in [5.41, 5.74) is 3.63. The van der Waals surface area contributed by atoms with Crippen LogP contribution in [0.2, 0.25) is 0 Å². The Hall–Kier alpha value is -3.02. The number of amides is 1. The number of carbonyl (C=O) groups is 1. The lowest BCUT2D eigenvalue weighted by molar-refractivity contribution is -0.125. The van der Waals surface area contributed by atoms with Crippen LogP contribution in [0.25, 0.3) is 0 Å². The molecule has 132 valence electrons. The van der Waals surface area contributed by atoms with Crippen LogP contribution in [-0.2, 0) is 17.6 Å². The molecule has 1 aromatic heterocycles. The van der Waals surface area contributed by atoms with Crippen molar-refractivity contribution in [1.29, 1.82) is 0 Å². The largest absolute Gasteiger partial charge is 0.347 e. The molecule has 3 aromatic rings. The van der Waals surface area contributed by atoms with Crippen molar-refractivity contribution in [3.05, 3.63) is 77.6 Å². The van der Waals surface area contributed by atoms with Gasteiger partial charge in [0, 0.05) is 6.42 Å². The van der Waals surface area contributed by atoms with E-state index < -0.39 is 6.04 Å². The van der Waals surface area contributed by atoms with Gasteiger partial charge < -0.3 is 5.32 Å². The molecule has 0 radical (unpaired) electrons. The van der Waals surface area contributed by atoms with Crippen LogP contribution < -0.4 is 5.32 Å². The number of nitrogens with zero attached hydrogens (tertiary/aromatic N) is 4. The van der Waals surface area contributed by atoms with Gasteiger partial charge in [-0.25, -0.2) is 4.68 Å². The van der Waals surface area contributed by atoms with E-state index in [-0.39, 0.29) is 11.9 Å². The molecule has 1 amide bonds. The number of rotatable bonds is 5. The van der Waals surface area contributed by atoms with Gasteiger partial charge in [-0.3, -0.25) is 4.79 Å². The monoisotopic (exact) mass is 347 g/mol. The molecule has 0 bridgehead atoms. The Morgan fingerprint density at radius 3 is 2.77 bits per heavy atom. The Morgan fingerprint density at radius 2 is 1.96 bits per heavy atom. The maximum atomic E-state index is 13.1. The summed E-state index contributed by atoms with van der Waals surface area (Å²) in [5.74, 6) is -0.0529. The number of fused-ring (bicyclic) bond motifs is 1. The average molecular weight is 347 g/mol. The summed E-state index contributed by atoms with van der Waals surface area (Å²) < 4.78 is 1.54. The van der Waals surface area contributed by atoms with Gasteiger partial charge in [0.25, 0.3) is 0 Å². The van der Waals surface area contributed by atoms with Gasteiger partial charge in [-0.15, -0.1) is 5.10 Å². The van der Waals surface area contributed by atoms with Gasteiger partial charge in [0.05, 0.1) is 6.04 Å². The highest BCUT2D eigenvalue weighted by Crippen LogP contribution is 2.30. The van der Waals surface area contributed by atoms with E-state index in [1.165, 1.54) is 22.1 Å².